The molecule has 0 aliphatic heterocycles. The predicted molar refractivity (Wildman–Crippen MR) is 51.4 cm³/mol. The van der Waals surface area contributed by atoms with Gasteiger partial charge in [0.1, 0.15) is 11.8 Å². The molecule has 1 aromatic rings. The first-order valence-corrected chi connectivity index (χ1v) is 4.15. The van der Waals surface area contributed by atoms with Crippen molar-refractivity contribution >= 4 is 0 Å². The van der Waals surface area contributed by atoms with E-state index in [9.17, 15) is 5.11 Å². The normalized spacial score (nSPS) is 14.4. The maximum atomic E-state index is 9.64. The minimum Gasteiger partial charge on any atom is -0.506 e. The lowest BCUT2D eigenvalue weighted by Gasteiger charge is -2.23. The number of hydrogen-bond acceptors (Lipinski definition) is 4. The molecular formula is C10H12N2O2. The van der Waals surface area contributed by atoms with Crippen LogP contribution in [0.5, 0.6) is 5.75 Å². The Morgan fingerprint density at radius 3 is 2.71 bits per heavy atom. The van der Waals surface area contributed by atoms with Gasteiger partial charge < -0.3 is 15.9 Å². The van der Waals surface area contributed by atoms with E-state index in [-0.39, 0.29) is 17.9 Å². The number of phenolic OH excluding ortho intramolecular Hbond substituents is 1. The van der Waals surface area contributed by atoms with Crippen LogP contribution in [-0.2, 0) is 5.54 Å². The quantitative estimate of drug-likeness (QED) is 0.633. The van der Waals surface area contributed by atoms with Crippen molar-refractivity contribution in [2.75, 3.05) is 6.61 Å². The summed E-state index contributed by atoms with van der Waals surface area (Å²) in [6.07, 6.45) is 0. The van der Waals surface area contributed by atoms with E-state index in [1.54, 1.807) is 19.1 Å². The highest BCUT2D eigenvalue weighted by atomic mass is 16.3. The van der Waals surface area contributed by atoms with E-state index >= 15 is 0 Å². The molecule has 4 nitrogen and oxygen atoms in total. The van der Waals surface area contributed by atoms with E-state index in [1.807, 2.05) is 6.07 Å². The highest BCUT2D eigenvalue weighted by molar-refractivity contribution is 5.49. The summed E-state index contributed by atoms with van der Waals surface area (Å²) in [7, 11) is 0. The predicted octanol–water partition coefficient (Wildman–Crippen LogP) is 0.430. The number of para-hydroxylation sites is 1. The average Bonchev–Trinajstić information content (AvgIpc) is 2.18. The Morgan fingerprint density at radius 2 is 2.21 bits per heavy atom. The molecule has 0 bridgehead atoms. The molecule has 0 saturated heterocycles. The Hall–Kier alpha value is -1.57. The minimum absolute atomic E-state index is 0.158. The number of aliphatic hydroxyl groups excluding tert-OH is 1. The first-order chi connectivity index (χ1) is 6.53. The first kappa shape index (κ1) is 10.5. The van der Waals surface area contributed by atoms with E-state index < -0.39 is 5.54 Å². The molecule has 0 radical (unpaired) electrons. The van der Waals surface area contributed by atoms with E-state index in [4.69, 9.17) is 16.1 Å². The van der Waals surface area contributed by atoms with Gasteiger partial charge in [0.2, 0.25) is 0 Å². The van der Waals surface area contributed by atoms with Crippen LogP contribution < -0.4 is 5.73 Å². The summed E-state index contributed by atoms with van der Waals surface area (Å²) in [5, 5.41) is 27.3. The Bertz CT molecular complexity index is 380. The van der Waals surface area contributed by atoms with Crippen LogP contribution in [0, 0.1) is 11.3 Å². The van der Waals surface area contributed by atoms with Crippen molar-refractivity contribution in [1.29, 1.82) is 5.26 Å². The number of phenols is 1. The summed E-state index contributed by atoms with van der Waals surface area (Å²) < 4.78 is 0. The van der Waals surface area contributed by atoms with Crippen LogP contribution in [0.4, 0.5) is 0 Å². The second-order valence-electron chi connectivity index (χ2n) is 3.39. The van der Waals surface area contributed by atoms with E-state index in [0.29, 0.717) is 5.56 Å². The van der Waals surface area contributed by atoms with Crippen molar-refractivity contribution in [2.24, 2.45) is 5.73 Å². The Balaban J connectivity index is 3.31. The maximum Gasteiger partial charge on any atom is 0.138 e. The van der Waals surface area contributed by atoms with Gasteiger partial charge in [0.15, 0.2) is 0 Å². The molecule has 1 aromatic carbocycles. The summed E-state index contributed by atoms with van der Waals surface area (Å²) in [5.41, 5.74) is 5.25. The summed E-state index contributed by atoms with van der Waals surface area (Å²) in [5.74, 6) is -0.158. The second-order valence-corrected chi connectivity index (χ2v) is 3.39. The molecule has 0 heterocycles. The Labute approximate surface area is 82.2 Å². The van der Waals surface area contributed by atoms with Crippen LogP contribution in [-0.4, -0.2) is 16.8 Å². The van der Waals surface area contributed by atoms with Crippen molar-refractivity contribution in [3.05, 3.63) is 29.3 Å². The van der Waals surface area contributed by atoms with Crippen molar-refractivity contribution in [1.82, 2.24) is 0 Å². The lowest BCUT2D eigenvalue weighted by molar-refractivity contribution is 0.207. The van der Waals surface area contributed by atoms with E-state index in [1.165, 1.54) is 6.07 Å². The number of nitrogens with zero attached hydrogens (tertiary/aromatic N) is 1. The molecule has 0 amide bonds. The number of nitrogens with two attached hydrogens (primary N) is 1. The third-order valence-electron chi connectivity index (χ3n) is 2.10. The fourth-order valence-electron chi connectivity index (χ4n) is 1.18. The second kappa shape index (κ2) is 3.66. The average molecular weight is 192 g/mol. The number of nitriles is 1. The first-order valence-electron chi connectivity index (χ1n) is 4.15. The topological polar surface area (TPSA) is 90.3 Å². The van der Waals surface area contributed by atoms with Crippen molar-refractivity contribution in [2.45, 2.75) is 12.5 Å². The van der Waals surface area contributed by atoms with Gasteiger partial charge in [0.25, 0.3) is 0 Å². The van der Waals surface area contributed by atoms with Gasteiger partial charge in [-0.2, -0.15) is 5.26 Å². The molecule has 4 heteroatoms. The maximum absolute atomic E-state index is 9.64. The molecule has 4 N–H and O–H groups in total. The van der Waals surface area contributed by atoms with Crippen LogP contribution in [0.1, 0.15) is 18.1 Å². The third kappa shape index (κ3) is 1.69. The number of rotatable bonds is 2. The molecule has 0 saturated carbocycles. The molecule has 0 fully saturated rings. The van der Waals surface area contributed by atoms with E-state index in [0.717, 1.165) is 0 Å². The number of hydrogen-bond donors (Lipinski definition) is 3. The Kier molecular flexibility index (Phi) is 2.75. The minimum atomic E-state index is -1.03. The van der Waals surface area contributed by atoms with Gasteiger partial charge in [-0.05, 0) is 13.0 Å². The van der Waals surface area contributed by atoms with Gasteiger partial charge in [0, 0.05) is 5.56 Å². The van der Waals surface area contributed by atoms with Crippen molar-refractivity contribution in [3.8, 4) is 11.8 Å². The highest BCUT2D eigenvalue weighted by Crippen LogP contribution is 2.29. The molecular weight excluding hydrogens is 180 g/mol. The highest BCUT2D eigenvalue weighted by Gasteiger charge is 2.24. The molecule has 0 unspecified atom stereocenters. The summed E-state index contributed by atoms with van der Waals surface area (Å²) in [4.78, 5) is 0. The number of aliphatic hydroxyl groups is 1. The largest absolute Gasteiger partial charge is 0.506 e. The van der Waals surface area contributed by atoms with Gasteiger partial charge in [-0.25, -0.2) is 0 Å². The summed E-state index contributed by atoms with van der Waals surface area (Å²) >= 11 is 0. The molecule has 0 aliphatic rings. The van der Waals surface area contributed by atoms with Gasteiger partial charge in [-0.15, -0.1) is 0 Å². The monoisotopic (exact) mass is 192 g/mol. The molecule has 1 atom stereocenters. The Morgan fingerprint density at radius 1 is 1.57 bits per heavy atom. The van der Waals surface area contributed by atoms with Crippen molar-refractivity contribution < 1.29 is 10.2 Å². The standard InChI is InChI=1S/C10H12N2O2/c1-10(12,6-13)8-4-2-3-7(5-11)9(8)14/h2-4,13-14H,6,12H2,1H3/t10-/m1/s1. The zero-order valence-electron chi connectivity index (χ0n) is 7.86. The molecule has 74 valence electrons. The smallest absolute Gasteiger partial charge is 0.138 e. The van der Waals surface area contributed by atoms with Crippen LogP contribution in [0.2, 0.25) is 0 Å². The fraction of sp³-hybridized carbons (Fsp3) is 0.300. The van der Waals surface area contributed by atoms with Crippen LogP contribution >= 0.6 is 0 Å². The molecule has 1 rings (SSSR count). The van der Waals surface area contributed by atoms with Gasteiger partial charge in [-0.3, -0.25) is 0 Å². The fourth-order valence-corrected chi connectivity index (χ4v) is 1.18. The lowest BCUT2D eigenvalue weighted by Crippen LogP contribution is -2.37. The molecule has 14 heavy (non-hydrogen) atoms. The molecule has 0 aromatic heterocycles. The van der Waals surface area contributed by atoms with Crippen LogP contribution in [0.15, 0.2) is 18.2 Å². The summed E-state index contributed by atoms with van der Waals surface area (Å²) in [6.45, 7) is 1.29. The summed E-state index contributed by atoms with van der Waals surface area (Å²) in [6, 6.07) is 6.55. The van der Waals surface area contributed by atoms with Gasteiger partial charge in [0.05, 0.1) is 17.7 Å². The molecule has 0 aliphatic carbocycles. The van der Waals surface area contributed by atoms with Crippen molar-refractivity contribution in [3.63, 3.8) is 0 Å². The SMILES string of the molecule is C[C@@](N)(CO)c1cccc(C#N)c1O. The number of aromatic hydroxyl groups is 1. The third-order valence-corrected chi connectivity index (χ3v) is 2.10. The zero-order valence-corrected chi connectivity index (χ0v) is 7.86. The number of benzene rings is 1. The van der Waals surface area contributed by atoms with Crippen LogP contribution in [0.3, 0.4) is 0 Å². The zero-order chi connectivity index (χ0) is 10.8. The molecule has 0 spiro atoms. The van der Waals surface area contributed by atoms with Gasteiger partial charge in [-0.1, -0.05) is 12.1 Å². The van der Waals surface area contributed by atoms with E-state index in [2.05, 4.69) is 0 Å². The van der Waals surface area contributed by atoms with Gasteiger partial charge >= 0.3 is 0 Å². The van der Waals surface area contributed by atoms with Crippen LogP contribution in [0.25, 0.3) is 0 Å². The lowest BCUT2D eigenvalue weighted by atomic mass is 9.92.